The maximum absolute atomic E-state index is 4.57. The van der Waals surface area contributed by atoms with Gasteiger partial charge in [-0.1, -0.05) is 18.2 Å². The van der Waals surface area contributed by atoms with E-state index in [0.29, 0.717) is 0 Å². The number of thiophene rings is 1. The predicted molar refractivity (Wildman–Crippen MR) is 87.6 cm³/mol. The zero-order chi connectivity index (χ0) is 14.4. The summed E-state index contributed by atoms with van der Waals surface area (Å²) in [5, 5.41) is 2.29. The Bertz CT molecular complexity index is 967. The third kappa shape index (κ3) is 1.83. The van der Waals surface area contributed by atoms with Crippen LogP contribution in [-0.4, -0.2) is 15.0 Å². The summed E-state index contributed by atoms with van der Waals surface area (Å²) >= 11 is 1.73. The maximum atomic E-state index is 4.57. The lowest BCUT2D eigenvalue weighted by Crippen LogP contribution is -1.90. The molecule has 0 amide bonds. The van der Waals surface area contributed by atoms with E-state index < -0.39 is 0 Å². The van der Waals surface area contributed by atoms with Gasteiger partial charge in [-0.3, -0.25) is 4.98 Å². The van der Waals surface area contributed by atoms with Crippen LogP contribution in [0.5, 0.6) is 0 Å². The van der Waals surface area contributed by atoms with Crippen LogP contribution >= 0.6 is 11.3 Å². The number of fused-ring (bicyclic) bond motifs is 2. The topological polar surface area (TPSA) is 38.7 Å². The molecule has 0 aliphatic rings. The molecule has 0 N–H and O–H groups in total. The average Bonchev–Trinajstić information content (AvgIpc) is 2.82. The van der Waals surface area contributed by atoms with Gasteiger partial charge in [-0.2, -0.15) is 0 Å². The van der Waals surface area contributed by atoms with Crippen molar-refractivity contribution in [2.45, 2.75) is 13.8 Å². The van der Waals surface area contributed by atoms with E-state index >= 15 is 0 Å². The molecule has 3 heterocycles. The van der Waals surface area contributed by atoms with Crippen LogP contribution in [0.1, 0.15) is 10.4 Å². The van der Waals surface area contributed by atoms with Gasteiger partial charge in [-0.05, 0) is 31.5 Å². The Balaban J connectivity index is 2.14. The smallest absolute Gasteiger partial charge is 0.127 e. The average molecular weight is 291 g/mol. The highest BCUT2D eigenvalue weighted by Crippen LogP contribution is 2.36. The van der Waals surface area contributed by atoms with Crippen molar-refractivity contribution >= 4 is 32.5 Å². The van der Waals surface area contributed by atoms with Crippen molar-refractivity contribution in [3.63, 3.8) is 0 Å². The van der Waals surface area contributed by atoms with Gasteiger partial charge in [0.15, 0.2) is 0 Å². The summed E-state index contributed by atoms with van der Waals surface area (Å²) in [6.45, 7) is 4.28. The monoisotopic (exact) mass is 291 g/mol. The second-order valence-electron chi connectivity index (χ2n) is 5.06. The van der Waals surface area contributed by atoms with Crippen LogP contribution < -0.4 is 0 Å². The number of aromatic nitrogens is 3. The molecule has 0 aliphatic carbocycles. The van der Waals surface area contributed by atoms with Crippen LogP contribution in [0.15, 0.2) is 42.9 Å². The van der Waals surface area contributed by atoms with Crippen LogP contribution in [0.2, 0.25) is 0 Å². The lowest BCUT2D eigenvalue weighted by Gasteiger charge is -2.07. The van der Waals surface area contributed by atoms with E-state index in [1.807, 2.05) is 24.4 Å². The van der Waals surface area contributed by atoms with E-state index in [2.05, 4.69) is 40.9 Å². The number of rotatable bonds is 1. The first kappa shape index (κ1) is 12.4. The first-order valence-electron chi connectivity index (χ1n) is 6.80. The molecule has 0 aliphatic heterocycles. The molecule has 4 rings (SSSR count). The summed E-state index contributed by atoms with van der Waals surface area (Å²) in [5.41, 5.74) is 4.38. The maximum Gasteiger partial charge on any atom is 0.127 e. The molecule has 0 unspecified atom stereocenters. The number of hydrogen-bond donors (Lipinski definition) is 0. The van der Waals surface area contributed by atoms with Crippen molar-refractivity contribution in [2.75, 3.05) is 0 Å². The molecule has 0 atom stereocenters. The number of aryl methyl sites for hydroxylation is 2. The van der Waals surface area contributed by atoms with Gasteiger partial charge >= 0.3 is 0 Å². The SMILES string of the molecule is Cc1sc2ncnc(-c3cccc4ncccc34)c2c1C. The van der Waals surface area contributed by atoms with Gasteiger partial charge in [-0.15, -0.1) is 11.3 Å². The Kier molecular flexibility index (Phi) is 2.72. The number of benzene rings is 1. The fourth-order valence-electron chi connectivity index (χ4n) is 2.70. The number of hydrogen-bond acceptors (Lipinski definition) is 4. The fraction of sp³-hybridized carbons (Fsp3) is 0.118. The highest BCUT2D eigenvalue weighted by atomic mass is 32.1. The third-order valence-electron chi connectivity index (χ3n) is 3.87. The predicted octanol–water partition coefficient (Wildman–Crippen LogP) is 4.52. The summed E-state index contributed by atoms with van der Waals surface area (Å²) in [4.78, 5) is 15.8. The molecule has 4 heteroatoms. The Morgan fingerprint density at radius 3 is 2.76 bits per heavy atom. The number of pyridine rings is 1. The van der Waals surface area contributed by atoms with E-state index in [4.69, 9.17) is 0 Å². The third-order valence-corrected chi connectivity index (χ3v) is 4.98. The molecule has 4 aromatic rings. The minimum atomic E-state index is 0.992. The van der Waals surface area contributed by atoms with Crippen LogP contribution in [0, 0.1) is 13.8 Å². The molecule has 0 spiro atoms. The van der Waals surface area contributed by atoms with Crippen molar-refractivity contribution in [1.29, 1.82) is 0 Å². The molecule has 1 aromatic carbocycles. The standard InChI is InChI=1S/C17H13N3S/c1-10-11(2)21-17-15(10)16(19-9-20-17)13-5-3-7-14-12(13)6-4-8-18-14/h3-9H,1-2H3. The van der Waals surface area contributed by atoms with Gasteiger partial charge in [-0.25, -0.2) is 9.97 Å². The molecule has 0 bridgehead atoms. The second-order valence-corrected chi connectivity index (χ2v) is 6.26. The minimum Gasteiger partial charge on any atom is -0.256 e. The lowest BCUT2D eigenvalue weighted by molar-refractivity contribution is 1.23. The summed E-state index contributed by atoms with van der Waals surface area (Å²) < 4.78 is 0. The second kappa shape index (κ2) is 4.60. The summed E-state index contributed by atoms with van der Waals surface area (Å²) in [7, 11) is 0. The van der Waals surface area contributed by atoms with E-state index in [-0.39, 0.29) is 0 Å². The molecule has 0 saturated heterocycles. The number of nitrogens with zero attached hydrogens (tertiary/aromatic N) is 3. The Labute approximate surface area is 126 Å². The van der Waals surface area contributed by atoms with E-state index in [0.717, 1.165) is 32.4 Å². The van der Waals surface area contributed by atoms with Crippen molar-refractivity contribution in [3.8, 4) is 11.3 Å². The molecule has 21 heavy (non-hydrogen) atoms. The molecule has 3 nitrogen and oxygen atoms in total. The van der Waals surface area contributed by atoms with Crippen molar-refractivity contribution in [3.05, 3.63) is 53.3 Å². The largest absolute Gasteiger partial charge is 0.256 e. The quantitative estimate of drug-likeness (QED) is 0.517. The molecule has 0 saturated carbocycles. The van der Waals surface area contributed by atoms with Gasteiger partial charge in [0.2, 0.25) is 0 Å². The van der Waals surface area contributed by atoms with Gasteiger partial charge in [0.25, 0.3) is 0 Å². The first-order valence-corrected chi connectivity index (χ1v) is 7.62. The van der Waals surface area contributed by atoms with Gasteiger partial charge in [0.1, 0.15) is 11.2 Å². The summed E-state index contributed by atoms with van der Waals surface area (Å²) in [6, 6.07) is 10.2. The van der Waals surface area contributed by atoms with Crippen molar-refractivity contribution in [1.82, 2.24) is 15.0 Å². The molecule has 3 aromatic heterocycles. The van der Waals surface area contributed by atoms with Crippen LogP contribution in [0.25, 0.3) is 32.4 Å². The molecular formula is C17H13N3S. The van der Waals surface area contributed by atoms with Crippen LogP contribution in [0.3, 0.4) is 0 Å². The van der Waals surface area contributed by atoms with E-state index in [9.17, 15) is 0 Å². The Hall–Kier alpha value is -2.33. The van der Waals surface area contributed by atoms with Gasteiger partial charge < -0.3 is 0 Å². The van der Waals surface area contributed by atoms with Gasteiger partial charge in [0.05, 0.1) is 11.2 Å². The molecule has 0 radical (unpaired) electrons. The van der Waals surface area contributed by atoms with Crippen molar-refractivity contribution < 1.29 is 0 Å². The zero-order valence-corrected chi connectivity index (χ0v) is 12.6. The van der Waals surface area contributed by atoms with E-state index in [1.165, 1.54) is 10.4 Å². The van der Waals surface area contributed by atoms with Crippen LogP contribution in [-0.2, 0) is 0 Å². The first-order chi connectivity index (χ1) is 10.3. The molecule has 0 fully saturated rings. The Morgan fingerprint density at radius 1 is 0.952 bits per heavy atom. The van der Waals surface area contributed by atoms with Crippen molar-refractivity contribution in [2.24, 2.45) is 0 Å². The normalized spacial score (nSPS) is 11.3. The highest BCUT2D eigenvalue weighted by Gasteiger charge is 2.15. The summed E-state index contributed by atoms with van der Waals surface area (Å²) in [5.74, 6) is 0. The van der Waals surface area contributed by atoms with Crippen LogP contribution in [0.4, 0.5) is 0 Å². The highest BCUT2D eigenvalue weighted by molar-refractivity contribution is 7.18. The lowest BCUT2D eigenvalue weighted by atomic mass is 10.0. The summed E-state index contributed by atoms with van der Waals surface area (Å²) in [6.07, 6.45) is 3.48. The Morgan fingerprint density at radius 2 is 1.86 bits per heavy atom. The molecular weight excluding hydrogens is 278 g/mol. The molecule has 102 valence electrons. The van der Waals surface area contributed by atoms with Gasteiger partial charge in [0, 0.05) is 27.4 Å². The van der Waals surface area contributed by atoms with E-state index in [1.54, 1.807) is 17.7 Å². The minimum absolute atomic E-state index is 0.992. The fourth-order valence-corrected chi connectivity index (χ4v) is 3.69. The zero-order valence-electron chi connectivity index (χ0n) is 11.8.